The standard InChI is InChI=1S/C16H20N4O2/c1-18-15(22)12-6-2-3-7-13(12)19-10-14(21)20-16(11-17)8-4-5-9-16/h2-3,6-7,19H,4-5,8-10H2,1H3,(H,18,22)(H,20,21). The summed E-state index contributed by atoms with van der Waals surface area (Å²) in [4.78, 5) is 23.8. The highest BCUT2D eigenvalue weighted by molar-refractivity contribution is 5.99. The molecule has 0 heterocycles. The maximum atomic E-state index is 12.1. The van der Waals surface area contributed by atoms with Crippen molar-refractivity contribution in [3.8, 4) is 6.07 Å². The molecule has 6 heteroatoms. The Hall–Kier alpha value is -2.55. The maximum Gasteiger partial charge on any atom is 0.253 e. The molecule has 0 saturated heterocycles. The monoisotopic (exact) mass is 300 g/mol. The summed E-state index contributed by atoms with van der Waals surface area (Å²) in [7, 11) is 1.56. The van der Waals surface area contributed by atoms with Crippen molar-refractivity contribution < 1.29 is 9.59 Å². The Balaban J connectivity index is 1.97. The number of carbonyl (C=O) groups excluding carboxylic acids is 2. The lowest BCUT2D eigenvalue weighted by Gasteiger charge is -2.22. The van der Waals surface area contributed by atoms with Crippen LogP contribution in [0.1, 0.15) is 36.0 Å². The molecular weight excluding hydrogens is 280 g/mol. The Morgan fingerprint density at radius 1 is 1.27 bits per heavy atom. The van der Waals surface area contributed by atoms with Gasteiger partial charge < -0.3 is 16.0 Å². The summed E-state index contributed by atoms with van der Waals surface area (Å²) < 4.78 is 0. The number of hydrogen-bond donors (Lipinski definition) is 3. The van der Waals surface area contributed by atoms with Crippen molar-refractivity contribution in [3.63, 3.8) is 0 Å². The number of amides is 2. The van der Waals surface area contributed by atoms with E-state index in [1.807, 2.05) is 0 Å². The third kappa shape index (κ3) is 3.55. The SMILES string of the molecule is CNC(=O)c1ccccc1NCC(=O)NC1(C#N)CCCC1. The topological polar surface area (TPSA) is 94.0 Å². The van der Waals surface area contributed by atoms with Crippen LogP contribution in [0.3, 0.4) is 0 Å². The smallest absolute Gasteiger partial charge is 0.253 e. The van der Waals surface area contributed by atoms with Crippen LogP contribution in [0.25, 0.3) is 0 Å². The summed E-state index contributed by atoms with van der Waals surface area (Å²) in [6.45, 7) is 0.0252. The molecule has 2 rings (SSSR count). The molecule has 0 aromatic heterocycles. The minimum Gasteiger partial charge on any atom is -0.376 e. The van der Waals surface area contributed by atoms with Crippen molar-refractivity contribution in [2.45, 2.75) is 31.2 Å². The molecule has 1 aliphatic carbocycles. The van der Waals surface area contributed by atoms with Gasteiger partial charge >= 0.3 is 0 Å². The van der Waals surface area contributed by atoms with Gasteiger partial charge in [0.2, 0.25) is 5.91 Å². The second-order valence-electron chi connectivity index (χ2n) is 5.43. The van der Waals surface area contributed by atoms with E-state index >= 15 is 0 Å². The van der Waals surface area contributed by atoms with Crippen molar-refractivity contribution in [1.82, 2.24) is 10.6 Å². The van der Waals surface area contributed by atoms with Gasteiger partial charge in [-0.05, 0) is 37.8 Å². The molecule has 22 heavy (non-hydrogen) atoms. The summed E-state index contributed by atoms with van der Waals surface area (Å²) in [5.41, 5.74) is 0.349. The summed E-state index contributed by atoms with van der Waals surface area (Å²) in [5.74, 6) is -0.456. The van der Waals surface area contributed by atoms with Gasteiger partial charge in [0.15, 0.2) is 0 Å². The van der Waals surface area contributed by atoms with Gasteiger partial charge in [-0.25, -0.2) is 0 Å². The van der Waals surface area contributed by atoms with Crippen molar-refractivity contribution in [1.29, 1.82) is 5.26 Å². The van der Waals surface area contributed by atoms with Gasteiger partial charge in [-0.3, -0.25) is 9.59 Å². The Bertz CT molecular complexity index is 600. The summed E-state index contributed by atoms with van der Waals surface area (Å²) in [6.07, 6.45) is 3.32. The Morgan fingerprint density at radius 2 is 1.95 bits per heavy atom. The molecule has 2 amide bonds. The zero-order chi connectivity index (χ0) is 16.0. The number of benzene rings is 1. The summed E-state index contributed by atoms with van der Waals surface area (Å²) in [5, 5.41) is 17.6. The van der Waals surface area contributed by atoms with Gasteiger partial charge in [-0.2, -0.15) is 5.26 Å². The highest BCUT2D eigenvalue weighted by Gasteiger charge is 2.35. The van der Waals surface area contributed by atoms with Crippen LogP contribution < -0.4 is 16.0 Å². The molecular formula is C16H20N4O2. The molecule has 0 radical (unpaired) electrons. The van der Waals surface area contributed by atoms with E-state index in [4.69, 9.17) is 0 Å². The van der Waals surface area contributed by atoms with Crippen molar-refractivity contribution >= 4 is 17.5 Å². The zero-order valence-corrected chi connectivity index (χ0v) is 12.6. The van der Waals surface area contributed by atoms with Gasteiger partial charge in [0, 0.05) is 12.7 Å². The maximum absolute atomic E-state index is 12.1. The highest BCUT2D eigenvalue weighted by atomic mass is 16.2. The van der Waals surface area contributed by atoms with E-state index in [-0.39, 0.29) is 18.4 Å². The molecule has 0 atom stereocenters. The molecule has 0 spiro atoms. The number of nitrogens with one attached hydrogen (secondary N) is 3. The largest absolute Gasteiger partial charge is 0.376 e. The number of para-hydroxylation sites is 1. The van der Waals surface area contributed by atoms with Crippen LogP contribution in [0, 0.1) is 11.3 Å². The van der Waals surface area contributed by atoms with Crippen molar-refractivity contribution in [3.05, 3.63) is 29.8 Å². The lowest BCUT2D eigenvalue weighted by molar-refractivity contribution is -0.120. The number of nitrogens with zero attached hydrogens (tertiary/aromatic N) is 1. The first kappa shape index (κ1) is 15.8. The van der Waals surface area contributed by atoms with Crippen LogP contribution in [-0.4, -0.2) is 30.9 Å². The van der Waals surface area contributed by atoms with Crippen molar-refractivity contribution in [2.75, 3.05) is 18.9 Å². The number of hydrogen-bond acceptors (Lipinski definition) is 4. The first-order chi connectivity index (χ1) is 10.6. The van der Waals surface area contributed by atoms with E-state index in [2.05, 4.69) is 22.0 Å². The average molecular weight is 300 g/mol. The normalized spacial score (nSPS) is 15.6. The van der Waals surface area contributed by atoms with Crippen LogP contribution in [-0.2, 0) is 4.79 Å². The Labute approximate surface area is 129 Å². The molecule has 0 bridgehead atoms. The Morgan fingerprint density at radius 3 is 2.59 bits per heavy atom. The van der Waals surface area contributed by atoms with E-state index < -0.39 is 5.54 Å². The fourth-order valence-corrected chi connectivity index (χ4v) is 2.70. The minimum atomic E-state index is -0.723. The Kier molecular flexibility index (Phi) is 4.99. The van der Waals surface area contributed by atoms with Crippen LogP contribution >= 0.6 is 0 Å². The predicted octanol–water partition coefficient (Wildman–Crippen LogP) is 1.41. The van der Waals surface area contributed by atoms with Crippen LogP contribution in [0.4, 0.5) is 5.69 Å². The number of rotatable bonds is 5. The van der Waals surface area contributed by atoms with Gasteiger partial charge in [0.25, 0.3) is 5.91 Å². The fraction of sp³-hybridized carbons (Fsp3) is 0.438. The van der Waals surface area contributed by atoms with E-state index in [1.54, 1.807) is 31.3 Å². The van der Waals surface area contributed by atoms with E-state index in [1.165, 1.54) is 0 Å². The minimum absolute atomic E-state index is 0.0252. The second-order valence-corrected chi connectivity index (χ2v) is 5.43. The molecule has 0 unspecified atom stereocenters. The molecule has 1 aliphatic rings. The van der Waals surface area contributed by atoms with E-state index in [0.717, 1.165) is 12.8 Å². The highest BCUT2D eigenvalue weighted by Crippen LogP contribution is 2.28. The first-order valence-electron chi connectivity index (χ1n) is 7.37. The molecule has 1 aromatic carbocycles. The van der Waals surface area contributed by atoms with Gasteiger partial charge in [0.05, 0.1) is 18.2 Å². The number of nitriles is 1. The lowest BCUT2D eigenvalue weighted by atomic mass is 10.00. The average Bonchev–Trinajstić information content (AvgIpc) is 3.01. The molecule has 116 valence electrons. The van der Waals surface area contributed by atoms with E-state index in [0.29, 0.717) is 24.1 Å². The molecule has 1 aromatic rings. The first-order valence-corrected chi connectivity index (χ1v) is 7.37. The predicted molar refractivity (Wildman–Crippen MR) is 83.3 cm³/mol. The van der Waals surface area contributed by atoms with E-state index in [9.17, 15) is 14.9 Å². The third-order valence-corrected chi connectivity index (χ3v) is 3.89. The molecule has 3 N–H and O–H groups in total. The number of carbonyl (C=O) groups is 2. The van der Waals surface area contributed by atoms with Crippen LogP contribution in [0.15, 0.2) is 24.3 Å². The molecule has 0 aliphatic heterocycles. The lowest BCUT2D eigenvalue weighted by Crippen LogP contribution is -2.47. The van der Waals surface area contributed by atoms with Crippen LogP contribution in [0.2, 0.25) is 0 Å². The third-order valence-electron chi connectivity index (χ3n) is 3.89. The zero-order valence-electron chi connectivity index (χ0n) is 12.6. The summed E-state index contributed by atoms with van der Waals surface area (Å²) >= 11 is 0. The van der Waals surface area contributed by atoms with Gasteiger partial charge in [-0.15, -0.1) is 0 Å². The fourth-order valence-electron chi connectivity index (χ4n) is 2.70. The van der Waals surface area contributed by atoms with Crippen molar-refractivity contribution in [2.24, 2.45) is 0 Å². The number of anilines is 1. The van der Waals surface area contributed by atoms with Gasteiger partial charge in [-0.1, -0.05) is 12.1 Å². The quantitative estimate of drug-likeness (QED) is 0.766. The van der Waals surface area contributed by atoms with Crippen LogP contribution in [0.5, 0.6) is 0 Å². The molecule has 1 fully saturated rings. The summed E-state index contributed by atoms with van der Waals surface area (Å²) in [6, 6.07) is 9.21. The van der Waals surface area contributed by atoms with Gasteiger partial charge in [0.1, 0.15) is 5.54 Å². The molecule has 6 nitrogen and oxygen atoms in total. The molecule has 1 saturated carbocycles. The second kappa shape index (κ2) is 6.94.